The summed E-state index contributed by atoms with van der Waals surface area (Å²) in [5.41, 5.74) is 2.53. The standard InChI is InChI=1S/C28H27Cl2N9O2/c29-16-3-4-20-23(11-16)38-27(36-20)21(5-6-25(40)33-14-24-31-7-8-32-24)37-26-18-12-19(30)17(13-22(18)34-15-35-26)28(41)39-9-1-2-10-39/h3-4,7-8,11-13,15,21H,1-2,5-6,9-10,14H2,(H,31,32)(H,33,40)(H,36,38)(H,34,35,37). The van der Waals surface area contributed by atoms with Gasteiger partial charge in [0, 0.05) is 42.3 Å². The zero-order valence-electron chi connectivity index (χ0n) is 22.0. The van der Waals surface area contributed by atoms with Gasteiger partial charge in [0.15, 0.2) is 0 Å². The molecule has 2 aromatic carbocycles. The SMILES string of the molecule is O=C(CCC(Nc1ncnc2cc(C(=O)N3CCCC3)c(Cl)cc12)c1nc2cc(Cl)ccc2[nH]1)NCc1ncc[nH]1. The Morgan fingerprint density at radius 2 is 1.90 bits per heavy atom. The van der Waals surface area contributed by atoms with Crippen molar-refractivity contribution in [2.24, 2.45) is 0 Å². The molecule has 1 aliphatic heterocycles. The third kappa shape index (κ3) is 5.96. The van der Waals surface area contributed by atoms with Gasteiger partial charge in [-0.25, -0.2) is 19.9 Å². The van der Waals surface area contributed by atoms with Crippen LogP contribution in [0.5, 0.6) is 0 Å². The molecule has 3 aromatic heterocycles. The van der Waals surface area contributed by atoms with E-state index in [9.17, 15) is 9.59 Å². The highest BCUT2D eigenvalue weighted by Crippen LogP contribution is 2.32. The molecule has 1 aliphatic rings. The van der Waals surface area contributed by atoms with Crippen molar-refractivity contribution in [1.82, 2.24) is 40.1 Å². The summed E-state index contributed by atoms with van der Waals surface area (Å²) in [6, 6.07) is 8.44. The fourth-order valence-electron chi connectivity index (χ4n) is 4.99. The zero-order valence-corrected chi connectivity index (χ0v) is 23.5. The van der Waals surface area contributed by atoms with Crippen LogP contribution < -0.4 is 10.6 Å². The van der Waals surface area contributed by atoms with Crippen LogP contribution in [-0.2, 0) is 11.3 Å². The third-order valence-corrected chi connectivity index (χ3v) is 7.67. The number of imidazole rings is 2. The Morgan fingerprint density at radius 1 is 1.05 bits per heavy atom. The Morgan fingerprint density at radius 3 is 2.71 bits per heavy atom. The summed E-state index contributed by atoms with van der Waals surface area (Å²) in [4.78, 5) is 51.7. The number of aromatic nitrogens is 6. The van der Waals surface area contributed by atoms with E-state index in [4.69, 9.17) is 28.2 Å². The lowest BCUT2D eigenvalue weighted by atomic mass is 10.1. The molecule has 11 nitrogen and oxygen atoms in total. The average Bonchev–Trinajstić information content (AvgIpc) is 3.76. The second-order valence-electron chi connectivity index (χ2n) is 9.90. The van der Waals surface area contributed by atoms with Crippen molar-refractivity contribution in [1.29, 1.82) is 0 Å². The number of rotatable bonds is 9. The van der Waals surface area contributed by atoms with Gasteiger partial charge < -0.3 is 25.5 Å². The van der Waals surface area contributed by atoms with E-state index in [1.807, 2.05) is 11.0 Å². The minimum Gasteiger partial charge on any atom is -0.359 e. The van der Waals surface area contributed by atoms with E-state index in [0.29, 0.717) is 62.5 Å². The molecule has 210 valence electrons. The van der Waals surface area contributed by atoms with E-state index < -0.39 is 6.04 Å². The second kappa shape index (κ2) is 11.7. The maximum atomic E-state index is 13.1. The molecule has 0 bridgehead atoms. The quantitative estimate of drug-likeness (QED) is 0.188. The summed E-state index contributed by atoms with van der Waals surface area (Å²) in [5.74, 6) is 1.58. The Bertz CT molecular complexity index is 1710. The highest BCUT2D eigenvalue weighted by atomic mass is 35.5. The molecule has 0 spiro atoms. The van der Waals surface area contributed by atoms with Gasteiger partial charge in [0.25, 0.3) is 5.91 Å². The van der Waals surface area contributed by atoms with Crippen molar-refractivity contribution in [3.05, 3.63) is 76.3 Å². The Kier molecular flexibility index (Phi) is 7.71. The molecule has 1 fully saturated rings. The first-order valence-electron chi connectivity index (χ1n) is 13.3. The molecule has 2 amide bonds. The molecule has 41 heavy (non-hydrogen) atoms. The normalized spacial score (nSPS) is 14.0. The number of fused-ring (bicyclic) bond motifs is 2. The number of H-pyrrole nitrogens is 2. The van der Waals surface area contributed by atoms with Crippen molar-refractivity contribution >= 4 is 62.8 Å². The van der Waals surface area contributed by atoms with Crippen molar-refractivity contribution in [2.75, 3.05) is 18.4 Å². The average molecular weight is 592 g/mol. The maximum Gasteiger partial charge on any atom is 0.255 e. The van der Waals surface area contributed by atoms with E-state index >= 15 is 0 Å². The predicted octanol–water partition coefficient (Wildman–Crippen LogP) is 5.02. The number of hydrogen-bond donors (Lipinski definition) is 4. The van der Waals surface area contributed by atoms with Gasteiger partial charge in [-0.15, -0.1) is 0 Å². The molecule has 1 atom stereocenters. The number of aromatic amines is 2. The van der Waals surface area contributed by atoms with Gasteiger partial charge in [-0.1, -0.05) is 23.2 Å². The summed E-state index contributed by atoms with van der Waals surface area (Å²) < 4.78 is 0. The van der Waals surface area contributed by atoms with Gasteiger partial charge in [-0.2, -0.15) is 0 Å². The van der Waals surface area contributed by atoms with Crippen molar-refractivity contribution in [3.63, 3.8) is 0 Å². The van der Waals surface area contributed by atoms with Crippen LogP contribution in [0.15, 0.2) is 49.1 Å². The number of carbonyl (C=O) groups excluding carboxylic acids is 2. The van der Waals surface area contributed by atoms with Gasteiger partial charge in [-0.3, -0.25) is 9.59 Å². The number of nitrogens with one attached hydrogen (secondary N) is 4. The Balaban J connectivity index is 1.28. The maximum absolute atomic E-state index is 13.1. The number of hydrogen-bond acceptors (Lipinski definition) is 7. The van der Waals surface area contributed by atoms with Crippen LogP contribution in [0.3, 0.4) is 0 Å². The summed E-state index contributed by atoms with van der Waals surface area (Å²) in [5, 5.41) is 7.88. The monoisotopic (exact) mass is 591 g/mol. The first-order chi connectivity index (χ1) is 19.9. The Labute approximate surface area is 245 Å². The summed E-state index contributed by atoms with van der Waals surface area (Å²) in [6.45, 7) is 1.76. The third-order valence-electron chi connectivity index (χ3n) is 7.12. The Hall–Kier alpha value is -4.22. The van der Waals surface area contributed by atoms with Gasteiger partial charge in [-0.05, 0) is 49.6 Å². The summed E-state index contributed by atoms with van der Waals surface area (Å²) >= 11 is 12.8. The summed E-state index contributed by atoms with van der Waals surface area (Å²) in [6.07, 6.45) is 7.38. The minimum atomic E-state index is -0.418. The lowest BCUT2D eigenvalue weighted by Gasteiger charge is -2.19. The molecule has 4 heterocycles. The molecular weight excluding hydrogens is 565 g/mol. The van der Waals surface area contributed by atoms with Gasteiger partial charge >= 0.3 is 0 Å². The highest BCUT2D eigenvalue weighted by Gasteiger charge is 2.24. The topological polar surface area (TPSA) is 145 Å². The number of benzene rings is 2. The minimum absolute atomic E-state index is 0.0955. The molecule has 6 rings (SSSR count). The van der Waals surface area contributed by atoms with E-state index in [2.05, 4.69) is 35.6 Å². The largest absolute Gasteiger partial charge is 0.359 e. The van der Waals surface area contributed by atoms with Crippen LogP contribution in [0.25, 0.3) is 21.9 Å². The zero-order chi connectivity index (χ0) is 28.3. The van der Waals surface area contributed by atoms with Crippen LogP contribution in [0, 0.1) is 0 Å². The molecule has 0 aliphatic carbocycles. The van der Waals surface area contributed by atoms with E-state index in [-0.39, 0.29) is 18.2 Å². The molecule has 1 unspecified atom stereocenters. The number of likely N-dealkylation sites (tertiary alicyclic amines) is 1. The highest BCUT2D eigenvalue weighted by molar-refractivity contribution is 6.35. The molecule has 5 aromatic rings. The lowest BCUT2D eigenvalue weighted by Crippen LogP contribution is -2.27. The van der Waals surface area contributed by atoms with Crippen LogP contribution in [0.2, 0.25) is 10.0 Å². The predicted molar refractivity (Wildman–Crippen MR) is 157 cm³/mol. The molecule has 4 N–H and O–H groups in total. The van der Waals surface area contributed by atoms with Crippen LogP contribution >= 0.6 is 23.2 Å². The van der Waals surface area contributed by atoms with Crippen LogP contribution in [-0.4, -0.2) is 59.7 Å². The number of halogens is 2. The smallest absolute Gasteiger partial charge is 0.255 e. The van der Waals surface area contributed by atoms with E-state index in [1.54, 1.807) is 36.7 Å². The van der Waals surface area contributed by atoms with Crippen molar-refractivity contribution in [3.8, 4) is 0 Å². The van der Waals surface area contributed by atoms with Gasteiger partial charge in [0.2, 0.25) is 5.91 Å². The molecule has 0 saturated carbocycles. The van der Waals surface area contributed by atoms with Crippen molar-refractivity contribution in [2.45, 2.75) is 38.3 Å². The van der Waals surface area contributed by atoms with Crippen LogP contribution in [0.4, 0.5) is 5.82 Å². The lowest BCUT2D eigenvalue weighted by molar-refractivity contribution is -0.121. The fourth-order valence-corrected chi connectivity index (χ4v) is 5.40. The molecule has 0 radical (unpaired) electrons. The first-order valence-corrected chi connectivity index (χ1v) is 14.1. The second-order valence-corrected chi connectivity index (χ2v) is 10.7. The van der Waals surface area contributed by atoms with Crippen LogP contribution in [0.1, 0.15) is 53.7 Å². The number of carbonyl (C=O) groups is 2. The molecular formula is C28H27Cl2N9O2. The molecule has 13 heteroatoms. The van der Waals surface area contributed by atoms with E-state index in [0.717, 1.165) is 31.4 Å². The van der Waals surface area contributed by atoms with E-state index in [1.165, 1.54) is 6.33 Å². The molecule has 1 saturated heterocycles. The number of amides is 2. The number of anilines is 1. The fraction of sp³-hybridized carbons (Fsp3) is 0.286. The number of nitrogens with zero attached hydrogens (tertiary/aromatic N) is 5. The first kappa shape index (κ1) is 27.0. The van der Waals surface area contributed by atoms with Gasteiger partial charge in [0.1, 0.15) is 23.8 Å². The summed E-state index contributed by atoms with van der Waals surface area (Å²) in [7, 11) is 0. The van der Waals surface area contributed by atoms with Crippen molar-refractivity contribution < 1.29 is 9.59 Å². The van der Waals surface area contributed by atoms with Gasteiger partial charge in [0.05, 0.1) is 39.7 Å².